The molecule has 1 aliphatic carbocycles. The summed E-state index contributed by atoms with van der Waals surface area (Å²) in [5, 5.41) is 0. The third-order valence-electron chi connectivity index (χ3n) is 4.06. The van der Waals surface area contributed by atoms with Crippen molar-refractivity contribution in [2.24, 2.45) is 5.92 Å². The summed E-state index contributed by atoms with van der Waals surface area (Å²) in [5.74, 6) is 0.572. The standard InChI is InChI=1S/C16H23NO2/c1-13-8-6-7-11-15(13)17(2)16(18)19-12-14-9-4-3-5-10-14/h3-5,9-10,13,15H,6-8,11-12H2,1-2H3. The summed E-state index contributed by atoms with van der Waals surface area (Å²) in [6.07, 6.45) is 4.59. The summed E-state index contributed by atoms with van der Waals surface area (Å²) in [7, 11) is 1.86. The van der Waals surface area contributed by atoms with Gasteiger partial charge in [-0.15, -0.1) is 0 Å². The van der Waals surface area contributed by atoms with Crippen LogP contribution < -0.4 is 0 Å². The average molecular weight is 261 g/mol. The monoisotopic (exact) mass is 261 g/mol. The Balaban J connectivity index is 1.85. The minimum Gasteiger partial charge on any atom is -0.445 e. The van der Waals surface area contributed by atoms with Crippen molar-refractivity contribution in [2.75, 3.05) is 7.05 Å². The Kier molecular flexibility index (Phi) is 4.83. The van der Waals surface area contributed by atoms with Crippen molar-refractivity contribution in [2.45, 2.75) is 45.3 Å². The molecule has 0 bridgehead atoms. The van der Waals surface area contributed by atoms with Gasteiger partial charge >= 0.3 is 6.09 Å². The lowest BCUT2D eigenvalue weighted by Gasteiger charge is -2.35. The topological polar surface area (TPSA) is 29.5 Å². The Morgan fingerprint density at radius 3 is 2.63 bits per heavy atom. The number of rotatable bonds is 3. The van der Waals surface area contributed by atoms with Crippen molar-refractivity contribution in [3.8, 4) is 0 Å². The molecular formula is C16H23NO2. The van der Waals surface area contributed by atoms with E-state index in [4.69, 9.17) is 4.74 Å². The number of carbonyl (C=O) groups excluding carboxylic acids is 1. The summed E-state index contributed by atoms with van der Waals surface area (Å²) >= 11 is 0. The van der Waals surface area contributed by atoms with Crippen molar-refractivity contribution in [3.05, 3.63) is 35.9 Å². The molecule has 0 spiro atoms. The molecule has 0 aromatic heterocycles. The van der Waals surface area contributed by atoms with E-state index in [0.717, 1.165) is 12.0 Å². The van der Waals surface area contributed by atoms with Gasteiger partial charge in [0, 0.05) is 13.1 Å². The van der Waals surface area contributed by atoms with Gasteiger partial charge in [0.25, 0.3) is 0 Å². The Morgan fingerprint density at radius 2 is 1.95 bits per heavy atom. The van der Waals surface area contributed by atoms with Gasteiger partial charge < -0.3 is 9.64 Å². The van der Waals surface area contributed by atoms with Crippen LogP contribution in [0.25, 0.3) is 0 Å². The third kappa shape index (κ3) is 3.72. The summed E-state index contributed by atoms with van der Waals surface area (Å²) in [4.78, 5) is 13.8. The van der Waals surface area contributed by atoms with Crippen LogP contribution in [0.5, 0.6) is 0 Å². The molecular weight excluding hydrogens is 238 g/mol. The first kappa shape index (κ1) is 13.9. The number of hydrogen-bond donors (Lipinski definition) is 0. The van der Waals surface area contributed by atoms with E-state index >= 15 is 0 Å². The van der Waals surface area contributed by atoms with Crippen molar-refractivity contribution < 1.29 is 9.53 Å². The number of amides is 1. The van der Waals surface area contributed by atoms with Crippen LogP contribution in [0.15, 0.2) is 30.3 Å². The lowest BCUT2D eigenvalue weighted by molar-refractivity contribution is 0.0705. The zero-order valence-electron chi connectivity index (χ0n) is 11.8. The third-order valence-corrected chi connectivity index (χ3v) is 4.06. The zero-order valence-corrected chi connectivity index (χ0v) is 11.8. The van der Waals surface area contributed by atoms with E-state index in [1.807, 2.05) is 37.4 Å². The fourth-order valence-electron chi connectivity index (χ4n) is 2.83. The van der Waals surface area contributed by atoms with Crippen molar-refractivity contribution >= 4 is 6.09 Å². The van der Waals surface area contributed by atoms with E-state index < -0.39 is 0 Å². The second-order valence-corrected chi connectivity index (χ2v) is 5.48. The Labute approximate surface area is 115 Å². The maximum Gasteiger partial charge on any atom is 0.410 e. The van der Waals surface area contributed by atoms with Gasteiger partial charge in [0.15, 0.2) is 0 Å². The largest absolute Gasteiger partial charge is 0.445 e. The van der Waals surface area contributed by atoms with Crippen LogP contribution in [-0.2, 0) is 11.3 Å². The van der Waals surface area contributed by atoms with Gasteiger partial charge in [0.05, 0.1) is 0 Å². The summed E-state index contributed by atoms with van der Waals surface area (Å²) < 4.78 is 5.38. The van der Waals surface area contributed by atoms with Gasteiger partial charge in [-0.2, -0.15) is 0 Å². The number of nitrogens with zero attached hydrogens (tertiary/aromatic N) is 1. The van der Waals surface area contributed by atoms with Gasteiger partial charge in [-0.05, 0) is 24.3 Å². The molecule has 2 rings (SSSR count). The molecule has 1 aliphatic rings. The van der Waals surface area contributed by atoms with Gasteiger partial charge in [0.2, 0.25) is 0 Å². The molecule has 3 heteroatoms. The first-order valence-corrected chi connectivity index (χ1v) is 7.12. The van der Waals surface area contributed by atoms with Gasteiger partial charge in [-0.1, -0.05) is 50.1 Å². The van der Waals surface area contributed by atoms with Crippen LogP contribution in [0.3, 0.4) is 0 Å². The molecule has 2 atom stereocenters. The number of benzene rings is 1. The van der Waals surface area contributed by atoms with Crippen molar-refractivity contribution in [3.63, 3.8) is 0 Å². The second kappa shape index (κ2) is 6.60. The van der Waals surface area contributed by atoms with Crippen LogP contribution in [0.2, 0.25) is 0 Å². The molecule has 1 fully saturated rings. The van der Waals surface area contributed by atoms with Gasteiger partial charge in [-0.25, -0.2) is 4.79 Å². The minimum absolute atomic E-state index is 0.206. The highest BCUT2D eigenvalue weighted by Crippen LogP contribution is 2.27. The maximum absolute atomic E-state index is 12.1. The molecule has 0 N–H and O–H groups in total. The molecule has 2 unspecified atom stereocenters. The lowest BCUT2D eigenvalue weighted by Crippen LogP contribution is -2.42. The first-order chi connectivity index (χ1) is 9.18. The molecule has 1 aromatic carbocycles. The normalized spacial score (nSPS) is 22.8. The molecule has 19 heavy (non-hydrogen) atoms. The fraction of sp³-hybridized carbons (Fsp3) is 0.562. The molecule has 3 nitrogen and oxygen atoms in total. The van der Waals surface area contributed by atoms with E-state index in [1.54, 1.807) is 4.90 Å². The molecule has 0 saturated heterocycles. The molecule has 1 saturated carbocycles. The SMILES string of the molecule is CC1CCCCC1N(C)C(=O)OCc1ccccc1. The highest BCUT2D eigenvalue weighted by Gasteiger charge is 2.28. The lowest BCUT2D eigenvalue weighted by atomic mass is 9.85. The fourth-order valence-corrected chi connectivity index (χ4v) is 2.83. The maximum atomic E-state index is 12.1. The Morgan fingerprint density at radius 1 is 1.26 bits per heavy atom. The molecule has 0 radical (unpaired) electrons. The predicted octanol–water partition coefficient (Wildman–Crippen LogP) is 3.83. The van der Waals surface area contributed by atoms with E-state index in [0.29, 0.717) is 18.6 Å². The summed E-state index contributed by atoms with van der Waals surface area (Å²) in [5.41, 5.74) is 1.03. The van der Waals surface area contributed by atoms with E-state index in [9.17, 15) is 4.79 Å². The van der Waals surface area contributed by atoms with Gasteiger partial charge in [0.1, 0.15) is 6.61 Å². The molecule has 0 aliphatic heterocycles. The van der Waals surface area contributed by atoms with Crippen molar-refractivity contribution in [1.29, 1.82) is 0 Å². The number of ether oxygens (including phenoxy) is 1. The first-order valence-electron chi connectivity index (χ1n) is 7.12. The van der Waals surface area contributed by atoms with Gasteiger partial charge in [-0.3, -0.25) is 0 Å². The Bertz CT molecular complexity index is 404. The van der Waals surface area contributed by atoms with Crippen LogP contribution in [0, 0.1) is 5.92 Å². The van der Waals surface area contributed by atoms with E-state index in [2.05, 4.69) is 6.92 Å². The van der Waals surface area contributed by atoms with Crippen LogP contribution >= 0.6 is 0 Å². The van der Waals surface area contributed by atoms with Crippen LogP contribution in [0.1, 0.15) is 38.2 Å². The highest BCUT2D eigenvalue weighted by molar-refractivity contribution is 5.67. The molecule has 1 aromatic rings. The van der Waals surface area contributed by atoms with Crippen molar-refractivity contribution in [1.82, 2.24) is 4.90 Å². The summed E-state index contributed by atoms with van der Waals surface area (Å²) in [6.45, 7) is 2.58. The van der Waals surface area contributed by atoms with Crippen LogP contribution in [0.4, 0.5) is 4.79 Å². The zero-order chi connectivity index (χ0) is 13.7. The smallest absolute Gasteiger partial charge is 0.410 e. The average Bonchev–Trinajstić information content (AvgIpc) is 2.45. The highest BCUT2D eigenvalue weighted by atomic mass is 16.6. The minimum atomic E-state index is -0.206. The van der Waals surface area contributed by atoms with E-state index in [-0.39, 0.29) is 6.09 Å². The quantitative estimate of drug-likeness (QED) is 0.827. The number of hydrogen-bond acceptors (Lipinski definition) is 2. The number of carbonyl (C=O) groups is 1. The molecule has 104 valence electrons. The summed E-state index contributed by atoms with van der Waals surface area (Å²) in [6, 6.07) is 10.1. The van der Waals surface area contributed by atoms with E-state index in [1.165, 1.54) is 19.3 Å². The molecule has 0 heterocycles. The predicted molar refractivity (Wildman–Crippen MR) is 75.8 cm³/mol. The molecule has 1 amide bonds. The second-order valence-electron chi connectivity index (χ2n) is 5.48. The van der Waals surface area contributed by atoms with Crippen LogP contribution in [-0.4, -0.2) is 24.1 Å². The Hall–Kier alpha value is -1.51.